The molecule has 1 amide bonds. The van der Waals surface area contributed by atoms with E-state index in [-0.39, 0.29) is 23.7 Å². The number of nitrogens with zero attached hydrogens (tertiary/aromatic N) is 4. The van der Waals surface area contributed by atoms with E-state index in [1.807, 2.05) is 0 Å². The molecule has 11 nitrogen and oxygen atoms in total. The van der Waals surface area contributed by atoms with Crippen molar-refractivity contribution < 1.29 is 24.0 Å². The van der Waals surface area contributed by atoms with E-state index in [1.165, 1.54) is 30.0 Å². The number of amides is 1. The SMILES string of the molecule is COc1ccc(NC(=O)COC(=O)Cn2nnc3ccccc32)c([N+](=O)[O-])c1. The maximum atomic E-state index is 12.0. The van der Waals surface area contributed by atoms with E-state index >= 15 is 0 Å². The van der Waals surface area contributed by atoms with E-state index in [1.54, 1.807) is 24.3 Å². The van der Waals surface area contributed by atoms with E-state index in [0.717, 1.165) is 0 Å². The molecule has 1 N–H and O–H groups in total. The van der Waals surface area contributed by atoms with E-state index in [0.29, 0.717) is 11.0 Å². The summed E-state index contributed by atoms with van der Waals surface area (Å²) < 4.78 is 11.2. The lowest BCUT2D eigenvalue weighted by Gasteiger charge is -2.08. The van der Waals surface area contributed by atoms with Crippen LogP contribution in [0.15, 0.2) is 42.5 Å². The smallest absolute Gasteiger partial charge is 0.328 e. The second kappa shape index (κ2) is 8.12. The fourth-order valence-corrected chi connectivity index (χ4v) is 2.43. The molecule has 0 bridgehead atoms. The number of ether oxygens (including phenoxy) is 2. The molecule has 3 aromatic rings. The molecule has 2 aromatic carbocycles. The van der Waals surface area contributed by atoms with Gasteiger partial charge in [0, 0.05) is 0 Å². The molecular weight excluding hydrogens is 370 g/mol. The number of hydrogen-bond donors (Lipinski definition) is 1. The number of rotatable bonds is 7. The number of carbonyl (C=O) groups excluding carboxylic acids is 2. The summed E-state index contributed by atoms with van der Waals surface area (Å²) in [5.74, 6) is -1.14. The van der Waals surface area contributed by atoms with Crippen molar-refractivity contribution in [3.63, 3.8) is 0 Å². The molecule has 3 rings (SSSR count). The standard InChI is InChI=1S/C17H15N5O6/c1-27-11-6-7-12(15(8-11)22(25)26)18-16(23)10-28-17(24)9-21-14-5-3-2-4-13(14)19-20-21/h2-8H,9-10H2,1H3,(H,18,23). The Morgan fingerprint density at radius 1 is 1.25 bits per heavy atom. The average Bonchev–Trinajstić information content (AvgIpc) is 3.09. The minimum Gasteiger partial charge on any atom is -0.496 e. The highest BCUT2D eigenvalue weighted by atomic mass is 16.6. The molecule has 144 valence electrons. The van der Waals surface area contributed by atoms with Crippen LogP contribution in [0.25, 0.3) is 11.0 Å². The van der Waals surface area contributed by atoms with Crippen LogP contribution < -0.4 is 10.1 Å². The van der Waals surface area contributed by atoms with Crippen LogP contribution in [0.2, 0.25) is 0 Å². The topological polar surface area (TPSA) is 138 Å². The number of carbonyl (C=O) groups is 2. The third kappa shape index (κ3) is 4.20. The molecule has 0 spiro atoms. The van der Waals surface area contributed by atoms with Crippen LogP contribution in [0.5, 0.6) is 5.75 Å². The fourth-order valence-electron chi connectivity index (χ4n) is 2.43. The summed E-state index contributed by atoms with van der Waals surface area (Å²) in [7, 11) is 1.37. The monoisotopic (exact) mass is 385 g/mol. The van der Waals surface area contributed by atoms with Crippen LogP contribution in [-0.4, -0.2) is 45.5 Å². The Kier molecular flexibility index (Phi) is 5.44. The second-order valence-corrected chi connectivity index (χ2v) is 5.58. The largest absolute Gasteiger partial charge is 0.496 e. The van der Waals surface area contributed by atoms with Gasteiger partial charge in [0.05, 0.1) is 23.6 Å². The van der Waals surface area contributed by atoms with Gasteiger partial charge in [-0.15, -0.1) is 5.10 Å². The van der Waals surface area contributed by atoms with Crippen molar-refractivity contribution in [1.82, 2.24) is 15.0 Å². The van der Waals surface area contributed by atoms with Crippen LogP contribution in [-0.2, 0) is 20.9 Å². The molecule has 11 heteroatoms. The third-order valence-electron chi connectivity index (χ3n) is 3.74. The van der Waals surface area contributed by atoms with Gasteiger partial charge in [-0.25, -0.2) is 4.68 Å². The van der Waals surface area contributed by atoms with Gasteiger partial charge in [-0.05, 0) is 24.3 Å². The zero-order chi connectivity index (χ0) is 20.1. The van der Waals surface area contributed by atoms with Gasteiger partial charge in [0.1, 0.15) is 23.5 Å². The Hall–Kier alpha value is -4.02. The fraction of sp³-hybridized carbons (Fsp3) is 0.176. The number of nitro benzene ring substituents is 1. The maximum absolute atomic E-state index is 12.0. The Morgan fingerprint density at radius 2 is 2.04 bits per heavy atom. The minimum absolute atomic E-state index is 0.0332. The average molecular weight is 385 g/mol. The van der Waals surface area contributed by atoms with Crippen LogP contribution >= 0.6 is 0 Å². The number of para-hydroxylation sites is 1. The zero-order valence-corrected chi connectivity index (χ0v) is 14.7. The molecule has 0 saturated heterocycles. The van der Waals surface area contributed by atoms with Crippen molar-refractivity contribution in [3.8, 4) is 5.75 Å². The van der Waals surface area contributed by atoms with Gasteiger partial charge in [0.15, 0.2) is 6.61 Å². The minimum atomic E-state index is -0.718. The van der Waals surface area contributed by atoms with Gasteiger partial charge in [0.2, 0.25) is 0 Å². The summed E-state index contributed by atoms with van der Waals surface area (Å²) in [5, 5.41) is 21.2. The summed E-state index contributed by atoms with van der Waals surface area (Å²) in [6.45, 7) is -0.828. The highest BCUT2D eigenvalue weighted by molar-refractivity contribution is 5.95. The molecule has 28 heavy (non-hydrogen) atoms. The van der Waals surface area contributed by atoms with E-state index in [4.69, 9.17) is 9.47 Å². The van der Waals surface area contributed by atoms with Crippen LogP contribution in [0.3, 0.4) is 0 Å². The first-order chi connectivity index (χ1) is 13.5. The molecule has 0 aliphatic rings. The molecule has 1 aromatic heterocycles. The van der Waals surface area contributed by atoms with E-state index in [2.05, 4.69) is 15.6 Å². The van der Waals surface area contributed by atoms with Gasteiger partial charge in [0.25, 0.3) is 11.6 Å². The lowest BCUT2D eigenvalue weighted by Crippen LogP contribution is -2.23. The Labute approximate surface area is 158 Å². The summed E-state index contributed by atoms with van der Waals surface area (Å²) in [4.78, 5) is 34.4. The first kappa shape index (κ1) is 18.8. The van der Waals surface area contributed by atoms with Gasteiger partial charge in [-0.2, -0.15) is 0 Å². The highest BCUT2D eigenvalue weighted by Crippen LogP contribution is 2.28. The van der Waals surface area contributed by atoms with E-state index < -0.39 is 23.4 Å². The Morgan fingerprint density at radius 3 is 2.79 bits per heavy atom. The lowest BCUT2D eigenvalue weighted by atomic mass is 10.2. The second-order valence-electron chi connectivity index (χ2n) is 5.58. The number of aromatic nitrogens is 3. The first-order valence-corrected chi connectivity index (χ1v) is 8.04. The molecule has 0 aliphatic heterocycles. The lowest BCUT2D eigenvalue weighted by molar-refractivity contribution is -0.384. The maximum Gasteiger partial charge on any atom is 0.328 e. The normalized spacial score (nSPS) is 10.5. The van der Waals surface area contributed by atoms with Gasteiger partial charge in [-0.3, -0.25) is 19.7 Å². The summed E-state index contributed by atoms with van der Waals surface area (Å²) >= 11 is 0. The molecule has 0 radical (unpaired) electrons. The van der Waals surface area contributed by atoms with Crippen molar-refractivity contribution in [2.24, 2.45) is 0 Å². The number of nitro groups is 1. The molecule has 1 heterocycles. The van der Waals surface area contributed by atoms with Gasteiger partial charge < -0.3 is 14.8 Å². The molecule has 0 atom stereocenters. The predicted molar refractivity (Wildman–Crippen MR) is 96.8 cm³/mol. The van der Waals surface area contributed by atoms with Crippen LogP contribution in [0.4, 0.5) is 11.4 Å². The van der Waals surface area contributed by atoms with Gasteiger partial charge >= 0.3 is 5.97 Å². The predicted octanol–water partition coefficient (Wildman–Crippen LogP) is 1.53. The molecule has 0 unspecified atom stereocenters. The quantitative estimate of drug-likeness (QED) is 0.367. The Balaban J connectivity index is 1.58. The van der Waals surface area contributed by atoms with Crippen molar-refractivity contribution >= 4 is 34.3 Å². The van der Waals surface area contributed by atoms with Gasteiger partial charge in [-0.1, -0.05) is 17.3 Å². The number of nitrogens with one attached hydrogen (secondary N) is 1. The van der Waals surface area contributed by atoms with E-state index in [9.17, 15) is 19.7 Å². The van der Waals surface area contributed by atoms with Crippen LogP contribution in [0.1, 0.15) is 0 Å². The summed E-state index contributed by atoms with van der Waals surface area (Å²) in [5.41, 5.74) is 0.903. The summed E-state index contributed by atoms with van der Waals surface area (Å²) in [6, 6.07) is 11.0. The van der Waals surface area contributed by atoms with Crippen LogP contribution in [0, 0.1) is 10.1 Å². The van der Waals surface area contributed by atoms with Crippen molar-refractivity contribution in [3.05, 3.63) is 52.6 Å². The molecule has 0 saturated carbocycles. The molecule has 0 aliphatic carbocycles. The first-order valence-electron chi connectivity index (χ1n) is 8.04. The number of hydrogen-bond acceptors (Lipinski definition) is 8. The number of esters is 1. The molecule has 0 fully saturated rings. The third-order valence-corrected chi connectivity index (χ3v) is 3.74. The zero-order valence-electron chi connectivity index (χ0n) is 14.7. The molecular formula is C17H15N5O6. The highest BCUT2D eigenvalue weighted by Gasteiger charge is 2.18. The van der Waals surface area contributed by atoms with Crippen molar-refractivity contribution in [1.29, 1.82) is 0 Å². The summed E-state index contributed by atoms with van der Waals surface area (Å²) in [6.07, 6.45) is 0. The Bertz CT molecular complexity index is 1050. The van der Waals surface area contributed by atoms with Crippen molar-refractivity contribution in [2.75, 3.05) is 19.0 Å². The number of benzene rings is 2. The number of anilines is 1. The van der Waals surface area contributed by atoms with Crippen molar-refractivity contribution in [2.45, 2.75) is 6.54 Å². The number of fused-ring (bicyclic) bond motifs is 1. The number of methoxy groups -OCH3 is 1.